The molecule has 0 aromatic heterocycles. The maximum Gasteiger partial charge on any atom is 0.416 e. The van der Waals surface area contributed by atoms with Gasteiger partial charge in [-0.2, -0.15) is 13.2 Å². The van der Waals surface area contributed by atoms with Crippen molar-refractivity contribution in [3.8, 4) is 11.1 Å². The number of nitrogens with one attached hydrogen (secondary N) is 1. The fourth-order valence-electron chi connectivity index (χ4n) is 2.17. The van der Waals surface area contributed by atoms with Crippen molar-refractivity contribution in [1.29, 1.82) is 0 Å². The molecule has 0 saturated heterocycles. The van der Waals surface area contributed by atoms with Crippen LogP contribution in [0.25, 0.3) is 11.1 Å². The number of hydrogen-bond acceptors (Lipinski definition) is 1. The van der Waals surface area contributed by atoms with Crippen LogP contribution in [0.4, 0.5) is 13.2 Å². The van der Waals surface area contributed by atoms with Gasteiger partial charge in [0.15, 0.2) is 0 Å². The first-order valence-electron chi connectivity index (χ1n) is 7.47. The van der Waals surface area contributed by atoms with E-state index < -0.39 is 11.7 Å². The Morgan fingerprint density at radius 2 is 1.74 bits per heavy atom. The fraction of sp³-hybridized carbons (Fsp3) is 0.278. The van der Waals surface area contributed by atoms with Crippen molar-refractivity contribution in [2.45, 2.75) is 25.9 Å². The van der Waals surface area contributed by atoms with E-state index in [0.29, 0.717) is 23.2 Å². The molecule has 2 aromatic rings. The predicted molar refractivity (Wildman–Crippen MR) is 84.1 cm³/mol. The number of carbonyl (C=O) groups is 1. The van der Waals surface area contributed by atoms with Crippen molar-refractivity contribution < 1.29 is 18.0 Å². The topological polar surface area (TPSA) is 29.1 Å². The number of amides is 1. The smallest absolute Gasteiger partial charge is 0.352 e. The van der Waals surface area contributed by atoms with E-state index in [-0.39, 0.29) is 5.91 Å². The highest BCUT2D eigenvalue weighted by Gasteiger charge is 2.30. The van der Waals surface area contributed by atoms with Crippen LogP contribution in [-0.2, 0) is 6.18 Å². The van der Waals surface area contributed by atoms with Crippen molar-refractivity contribution in [3.63, 3.8) is 0 Å². The molecule has 1 N–H and O–H groups in total. The van der Waals surface area contributed by atoms with E-state index in [2.05, 4.69) is 5.32 Å². The molecule has 122 valence electrons. The molecule has 0 radical (unpaired) electrons. The Kier molecular flexibility index (Phi) is 5.42. The second kappa shape index (κ2) is 7.31. The summed E-state index contributed by atoms with van der Waals surface area (Å²) < 4.78 is 38.2. The SMILES string of the molecule is CCCCNC(=O)c1ccc(-c2cccc(C(F)(F)F)c2)cc1. The third-order valence-corrected chi connectivity index (χ3v) is 3.49. The summed E-state index contributed by atoms with van der Waals surface area (Å²) in [6.07, 6.45) is -2.46. The van der Waals surface area contributed by atoms with Gasteiger partial charge in [0.05, 0.1) is 5.56 Å². The maximum atomic E-state index is 12.7. The molecule has 0 bridgehead atoms. The van der Waals surface area contributed by atoms with Gasteiger partial charge in [0, 0.05) is 12.1 Å². The minimum Gasteiger partial charge on any atom is -0.352 e. The van der Waals surface area contributed by atoms with Gasteiger partial charge in [-0.05, 0) is 41.8 Å². The standard InChI is InChI=1S/C18H18F3NO/c1-2-3-11-22-17(23)14-9-7-13(8-10-14)15-5-4-6-16(12-15)18(19,20)21/h4-10,12H,2-3,11H2,1H3,(H,22,23). The second-order valence-electron chi connectivity index (χ2n) is 5.27. The van der Waals surface area contributed by atoms with E-state index in [1.165, 1.54) is 6.07 Å². The highest BCUT2D eigenvalue weighted by Crippen LogP contribution is 2.32. The van der Waals surface area contributed by atoms with Crippen LogP contribution in [0.2, 0.25) is 0 Å². The molecule has 0 saturated carbocycles. The summed E-state index contributed by atoms with van der Waals surface area (Å²) in [5.41, 5.74) is 0.923. The summed E-state index contributed by atoms with van der Waals surface area (Å²) in [4.78, 5) is 11.9. The zero-order valence-electron chi connectivity index (χ0n) is 12.8. The molecule has 1 amide bonds. The number of halogens is 3. The largest absolute Gasteiger partial charge is 0.416 e. The number of hydrogen-bond donors (Lipinski definition) is 1. The van der Waals surface area contributed by atoms with Crippen LogP contribution in [0.3, 0.4) is 0 Å². The molecule has 0 spiro atoms. The quantitative estimate of drug-likeness (QED) is 0.780. The molecule has 2 nitrogen and oxygen atoms in total. The summed E-state index contributed by atoms with van der Waals surface area (Å²) in [5.74, 6) is -0.172. The summed E-state index contributed by atoms with van der Waals surface area (Å²) in [5, 5.41) is 2.80. The van der Waals surface area contributed by atoms with Gasteiger partial charge in [-0.3, -0.25) is 4.79 Å². The van der Waals surface area contributed by atoms with E-state index in [0.717, 1.165) is 25.0 Å². The van der Waals surface area contributed by atoms with Crippen molar-refractivity contribution in [2.75, 3.05) is 6.54 Å². The first-order valence-corrected chi connectivity index (χ1v) is 7.47. The van der Waals surface area contributed by atoms with Crippen LogP contribution in [0.15, 0.2) is 48.5 Å². The molecule has 0 aliphatic heterocycles. The molecule has 0 aliphatic carbocycles. The lowest BCUT2D eigenvalue weighted by Crippen LogP contribution is -2.24. The number of alkyl halides is 3. The number of carbonyl (C=O) groups excluding carboxylic acids is 1. The van der Waals surface area contributed by atoms with Crippen LogP contribution in [0.1, 0.15) is 35.7 Å². The van der Waals surface area contributed by atoms with Gasteiger partial charge in [0.25, 0.3) is 5.91 Å². The van der Waals surface area contributed by atoms with Gasteiger partial charge in [-0.25, -0.2) is 0 Å². The molecule has 0 aliphatic rings. The zero-order chi connectivity index (χ0) is 16.9. The Balaban J connectivity index is 2.15. The lowest BCUT2D eigenvalue weighted by molar-refractivity contribution is -0.137. The van der Waals surface area contributed by atoms with Crippen molar-refractivity contribution in [1.82, 2.24) is 5.32 Å². The molecule has 2 aromatic carbocycles. The van der Waals surface area contributed by atoms with E-state index in [9.17, 15) is 18.0 Å². The Labute approximate surface area is 133 Å². The van der Waals surface area contributed by atoms with Gasteiger partial charge in [0.1, 0.15) is 0 Å². The minimum atomic E-state index is -4.37. The van der Waals surface area contributed by atoms with E-state index in [1.54, 1.807) is 30.3 Å². The monoisotopic (exact) mass is 321 g/mol. The first kappa shape index (κ1) is 17.1. The molecular formula is C18H18F3NO. The van der Waals surface area contributed by atoms with E-state index in [1.807, 2.05) is 6.92 Å². The summed E-state index contributed by atoms with van der Waals surface area (Å²) in [7, 11) is 0. The highest BCUT2D eigenvalue weighted by atomic mass is 19.4. The first-order chi connectivity index (χ1) is 10.9. The Morgan fingerprint density at radius 3 is 2.35 bits per heavy atom. The van der Waals surface area contributed by atoms with Gasteiger partial charge < -0.3 is 5.32 Å². The number of unbranched alkanes of at least 4 members (excludes halogenated alkanes) is 1. The molecule has 0 fully saturated rings. The Bertz CT molecular complexity index is 663. The summed E-state index contributed by atoms with van der Waals surface area (Å²) in [6.45, 7) is 2.65. The van der Waals surface area contributed by atoms with Crippen molar-refractivity contribution in [3.05, 3.63) is 59.7 Å². The normalized spacial score (nSPS) is 11.3. The van der Waals surface area contributed by atoms with Crippen molar-refractivity contribution in [2.24, 2.45) is 0 Å². The Hall–Kier alpha value is -2.30. The van der Waals surface area contributed by atoms with Crippen molar-refractivity contribution >= 4 is 5.91 Å². The maximum absolute atomic E-state index is 12.7. The zero-order valence-corrected chi connectivity index (χ0v) is 12.8. The molecule has 2 rings (SSSR count). The van der Waals surface area contributed by atoms with Gasteiger partial charge >= 0.3 is 6.18 Å². The van der Waals surface area contributed by atoms with Crippen LogP contribution >= 0.6 is 0 Å². The molecule has 0 atom stereocenters. The summed E-state index contributed by atoms with van der Waals surface area (Å²) >= 11 is 0. The molecule has 23 heavy (non-hydrogen) atoms. The van der Waals surface area contributed by atoms with Gasteiger partial charge in [0.2, 0.25) is 0 Å². The summed E-state index contributed by atoms with van der Waals surface area (Å²) in [6, 6.07) is 11.7. The van der Waals surface area contributed by atoms with Crippen LogP contribution in [-0.4, -0.2) is 12.5 Å². The van der Waals surface area contributed by atoms with E-state index >= 15 is 0 Å². The molecule has 0 unspecified atom stereocenters. The highest BCUT2D eigenvalue weighted by molar-refractivity contribution is 5.94. The van der Waals surface area contributed by atoms with Crippen LogP contribution in [0, 0.1) is 0 Å². The number of rotatable bonds is 5. The lowest BCUT2D eigenvalue weighted by Gasteiger charge is -2.09. The molecule has 5 heteroatoms. The third kappa shape index (κ3) is 4.58. The average molecular weight is 321 g/mol. The fourth-order valence-corrected chi connectivity index (χ4v) is 2.17. The van der Waals surface area contributed by atoms with E-state index in [4.69, 9.17) is 0 Å². The average Bonchev–Trinajstić information content (AvgIpc) is 2.54. The van der Waals surface area contributed by atoms with Crippen LogP contribution < -0.4 is 5.32 Å². The lowest BCUT2D eigenvalue weighted by atomic mass is 10.0. The number of benzene rings is 2. The minimum absolute atomic E-state index is 0.172. The Morgan fingerprint density at radius 1 is 1.04 bits per heavy atom. The van der Waals surface area contributed by atoms with Crippen LogP contribution in [0.5, 0.6) is 0 Å². The second-order valence-corrected chi connectivity index (χ2v) is 5.27. The molecule has 0 heterocycles. The predicted octanol–water partition coefficient (Wildman–Crippen LogP) is 4.90. The molecular weight excluding hydrogens is 303 g/mol. The third-order valence-electron chi connectivity index (χ3n) is 3.49. The van der Waals surface area contributed by atoms with Gasteiger partial charge in [-0.15, -0.1) is 0 Å². The van der Waals surface area contributed by atoms with Gasteiger partial charge in [-0.1, -0.05) is 37.6 Å².